The fraction of sp³-hybridized carbons (Fsp3) is 0.333. The van der Waals surface area contributed by atoms with E-state index in [1.165, 1.54) is 0 Å². The number of benzene rings is 2. The zero-order valence-corrected chi connectivity index (χ0v) is 15.1. The summed E-state index contributed by atoms with van der Waals surface area (Å²) in [5, 5.41) is 10.0. The standard InChI is InChI=1S/C21H23N3O3/c25-19-9-5-4-8-18(19)22-10-12-23(13-11-22)21(27)16-14-20(26)24(15-16)17-6-2-1-3-7-17/h1-9,16,25H,10-15H2. The first kappa shape index (κ1) is 17.4. The third kappa shape index (κ3) is 3.47. The predicted octanol–water partition coefficient (Wildman–Crippen LogP) is 2.09. The highest BCUT2D eigenvalue weighted by molar-refractivity contribution is 6.00. The molecule has 0 aliphatic carbocycles. The van der Waals surface area contributed by atoms with Crippen LogP contribution in [0, 0.1) is 5.92 Å². The number of amides is 2. The Morgan fingerprint density at radius 2 is 1.59 bits per heavy atom. The molecule has 0 saturated carbocycles. The van der Waals surface area contributed by atoms with E-state index in [0.29, 0.717) is 32.7 Å². The Bertz CT molecular complexity index is 832. The molecule has 2 amide bonds. The van der Waals surface area contributed by atoms with Crippen LogP contribution in [0.1, 0.15) is 6.42 Å². The van der Waals surface area contributed by atoms with Crippen molar-refractivity contribution in [3.63, 3.8) is 0 Å². The van der Waals surface area contributed by atoms with Crippen molar-refractivity contribution in [1.82, 2.24) is 4.90 Å². The van der Waals surface area contributed by atoms with E-state index in [1.54, 1.807) is 17.0 Å². The second-order valence-corrected chi connectivity index (χ2v) is 7.04. The molecule has 2 fully saturated rings. The lowest BCUT2D eigenvalue weighted by Crippen LogP contribution is -2.50. The predicted molar refractivity (Wildman–Crippen MR) is 104 cm³/mol. The summed E-state index contributed by atoms with van der Waals surface area (Å²) in [6, 6.07) is 16.8. The number of aromatic hydroxyl groups is 1. The highest BCUT2D eigenvalue weighted by Crippen LogP contribution is 2.29. The van der Waals surface area contributed by atoms with Gasteiger partial charge in [0.2, 0.25) is 11.8 Å². The summed E-state index contributed by atoms with van der Waals surface area (Å²) in [4.78, 5) is 30.9. The molecule has 2 saturated heterocycles. The summed E-state index contributed by atoms with van der Waals surface area (Å²) in [5.74, 6) is 0.0395. The molecule has 27 heavy (non-hydrogen) atoms. The van der Waals surface area contributed by atoms with Crippen molar-refractivity contribution < 1.29 is 14.7 Å². The zero-order chi connectivity index (χ0) is 18.8. The summed E-state index contributed by atoms with van der Waals surface area (Å²) in [5.41, 5.74) is 1.65. The maximum Gasteiger partial charge on any atom is 0.228 e. The molecular weight excluding hydrogens is 342 g/mol. The molecule has 4 rings (SSSR count). The smallest absolute Gasteiger partial charge is 0.228 e. The highest BCUT2D eigenvalue weighted by atomic mass is 16.3. The Balaban J connectivity index is 1.37. The van der Waals surface area contributed by atoms with Gasteiger partial charge < -0.3 is 19.8 Å². The van der Waals surface area contributed by atoms with Crippen LogP contribution in [0.2, 0.25) is 0 Å². The molecule has 1 N–H and O–H groups in total. The largest absolute Gasteiger partial charge is 0.506 e. The lowest BCUT2D eigenvalue weighted by Gasteiger charge is -2.37. The molecule has 6 heteroatoms. The highest BCUT2D eigenvalue weighted by Gasteiger charge is 2.38. The first-order valence-electron chi connectivity index (χ1n) is 9.30. The van der Waals surface area contributed by atoms with E-state index in [1.807, 2.05) is 47.4 Å². The average Bonchev–Trinajstić information content (AvgIpc) is 3.10. The van der Waals surface area contributed by atoms with Crippen LogP contribution in [0.5, 0.6) is 5.75 Å². The number of piperazine rings is 1. The first-order chi connectivity index (χ1) is 13.1. The van der Waals surface area contributed by atoms with Crippen molar-refractivity contribution in [2.24, 2.45) is 5.92 Å². The molecular formula is C21H23N3O3. The number of phenols is 1. The quantitative estimate of drug-likeness (QED) is 0.905. The van der Waals surface area contributed by atoms with Crippen molar-refractivity contribution in [1.29, 1.82) is 0 Å². The SMILES string of the molecule is O=C(C1CC(=O)N(c2ccccc2)C1)N1CCN(c2ccccc2O)CC1. The van der Waals surface area contributed by atoms with E-state index in [0.717, 1.165) is 11.4 Å². The van der Waals surface area contributed by atoms with Gasteiger partial charge in [0.05, 0.1) is 11.6 Å². The van der Waals surface area contributed by atoms with E-state index < -0.39 is 0 Å². The number of phenolic OH excluding ortho intramolecular Hbond substituents is 1. The molecule has 1 atom stereocenters. The van der Waals surface area contributed by atoms with Gasteiger partial charge in [-0.05, 0) is 24.3 Å². The van der Waals surface area contributed by atoms with Gasteiger partial charge in [0.15, 0.2) is 0 Å². The minimum absolute atomic E-state index is 0.00685. The minimum atomic E-state index is -0.283. The summed E-state index contributed by atoms with van der Waals surface area (Å²) >= 11 is 0. The molecule has 2 aliphatic rings. The normalized spacial score (nSPS) is 20.2. The number of rotatable bonds is 3. The van der Waals surface area contributed by atoms with Gasteiger partial charge in [0, 0.05) is 44.8 Å². The number of carbonyl (C=O) groups is 2. The maximum absolute atomic E-state index is 12.9. The monoisotopic (exact) mass is 365 g/mol. The molecule has 0 radical (unpaired) electrons. The van der Waals surface area contributed by atoms with Crippen molar-refractivity contribution in [3.05, 3.63) is 54.6 Å². The fourth-order valence-electron chi connectivity index (χ4n) is 3.89. The maximum atomic E-state index is 12.9. The molecule has 1 unspecified atom stereocenters. The molecule has 2 aromatic carbocycles. The summed E-state index contributed by atoms with van der Waals surface area (Å²) in [7, 11) is 0. The molecule has 140 valence electrons. The lowest BCUT2D eigenvalue weighted by atomic mass is 10.1. The van der Waals surface area contributed by atoms with Crippen LogP contribution in [-0.4, -0.2) is 54.5 Å². The van der Waals surface area contributed by atoms with Crippen molar-refractivity contribution in [3.8, 4) is 5.75 Å². The minimum Gasteiger partial charge on any atom is -0.506 e. The molecule has 0 aromatic heterocycles. The molecule has 0 spiro atoms. The van der Waals surface area contributed by atoms with Gasteiger partial charge in [0.1, 0.15) is 5.75 Å². The fourth-order valence-corrected chi connectivity index (χ4v) is 3.89. The number of carbonyl (C=O) groups excluding carboxylic acids is 2. The number of nitrogens with zero attached hydrogens (tertiary/aromatic N) is 3. The van der Waals surface area contributed by atoms with Gasteiger partial charge in [-0.3, -0.25) is 9.59 Å². The Morgan fingerprint density at radius 3 is 2.30 bits per heavy atom. The molecule has 0 bridgehead atoms. The van der Waals surface area contributed by atoms with Gasteiger partial charge in [-0.2, -0.15) is 0 Å². The van der Waals surface area contributed by atoms with Crippen LogP contribution < -0.4 is 9.80 Å². The van der Waals surface area contributed by atoms with Gasteiger partial charge in [-0.25, -0.2) is 0 Å². The number of hydrogen-bond donors (Lipinski definition) is 1. The Labute approximate surface area is 158 Å². The van der Waals surface area contributed by atoms with E-state index in [2.05, 4.69) is 4.90 Å². The molecule has 2 heterocycles. The van der Waals surface area contributed by atoms with Crippen LogP contribution in [0.3, 0.4) is 0 Å². The van der Waals surface area contributed by atoms with Crippen molar-refractivity contribution >= 4 is 23.2 Å². The van der Waals surface area contributed by atoms with Crippen LogP contribution >= 0.6 is 0 Å². The second kappa shape index (κ2) is 7.31. The lowest BCUT2D eigenvalue weighted by molar-refractivity contribution is -0.136. The van der Waals surface area contributed by atoms with Crippen LogP contribution in [0.15, 0.2) is 54.6 Å². The van der Waals surface area contributed by atoms with Crippen LogP contribution in [0.25, 0.3) is 0 Å². The molecule has 2 aliphatic heterocycles. The van der Waals surface area contributed by atoms with Crippen molar-refractivity contribution in [2.75, 3.05) is 42.5 Å². The van der Waals surface area contributed by atoms with Gasteiger partial charge in [-0.15, -0.1) is 0 Å². The summed E-state index contributed by atoms with van der Waals surface area (Å²) < 4.78 is 0. The zero-order valence-electron chi connectivity index (χ0n) is 15.1. The van der Waals surface area contributed by atoms with Crippen molar-refractivity contribution in [2.45, 2.75) is 6.42 Å². The Kier molecular flexibility index (Phi) is 4.71. The van der Waals surface area contributed by atoms with Gasteiger partial charge in [-0.1, -0.05) is 30.3 Å². The Hall–Kier alpha value is -3.02. The van der Waals surface area contributed by atoms with Crippen LogP contribution in [0.4, 0.5) is 11.4 Å². The molecule has 2 aromatic rings. The van der Waals surface area contributed by atoms with Gasteiger partial charge in [0.25, 0.3) is 0 Å². The first-order valence-corrected chi connectivity index (χ1v) is 9.30. The average molecular weight is 365 g/mol. The van der Waals surface area contributed by atoms with Gasteiger partial charge >= 0.3 is 0 Å². The van der Waals surface area contributed by atoms with E-state index >= 15 is 0 Å². The number of hydrogen-bond acceptors (Lipinski definition) is 4. The van der Waals surface area contributed by atoms with E-state index in [9.17, 15) is 14.7 Å². The molecule has 6 nitrogen and oxygen atoms in total. The van der Waals surface area contributed by atoms with Crippen LogP contribution in [-0.2, 0) is 9.59 Å². The second-order valence-electron chi connectivity index (χ2n) is 7.04. The topological polar surface area (TPSA) is 64.1 Å². The Morgan fingerprint density at radius 1 is 0.926 bits per heavy atom. The number of anilines is 2. The van der Waals surface area contributed by atoms with E-state index in [-0.39, 0.29) is 29.9 Å². The summed E-state index contributed by atoms with van der Waals surface area (Å²) in [6.07, 6.45) is 0.271. The third-order valence-corrected chi connectivity index (χ3v) is 5.36. The third-order valence-electron chi connectivity index (χ3n) is 5.36. The summed E-state index contributed by atoms with van der Waals surface area (Å²) in [6.45, 7) is 2.99. The van der Waals surface area contributed by atoms with E-state index in [4.69, 9.17) is 0 Å². The number of para-hydroxylation sites is 3.